The molecule has 0 atom stereocenters. The summed E-state index contributed by atoms with van der Waals surface area (Å²) in [5.74, 6) is -2.48. The monoisotopic (exact) mass is 356 g/mol. The number of aryl methyl sites for hydroxylation is 1. The second kappa shape index (κ2) is 6.29. The zero-order valence-corrected chi connectivity index (χ0v) is 12.0. The first-order valence-corrected chi connectivity index (χ1v) is 6.37. The maximum atomic E-state index is 12.4. The summed E-state index contributed by atoms with van der Waals surface area (Å²) in [7, 11) is 0. The standard InChI is InChI=1S/C11H12BrF3N2O3/c1-2-16-4-7(12)3-8(16)10(20)17(5-9(18)19)6-11(13,14)15/h3-4H,2,5-6H2,1H3,(H,18,19). The molecule has 1 rings (SSSR count). The molecule has 0 unspecified atom stereocenters. The van der Waals surface area contributed by atoms with Crippen molar-refractivity contribution >= 4 is 27.8 Å². The molecule has 0 radical (unpaired) electrons. The molecule has 0 saturated heterocycles. The van der Waals surface area contributed by atoms with Gasteiger partial charge in [0.15, 0.2) is 0 Å². The van der Waals surface area contributed by atoms with Crippen molar-refractivity contribution in [3.8, 4) is 0 Å². The van der Waals surface area contributed by atoms with Gasteiger partial charge in [-0.15, -0.1) is 0 Å². The van der Waals surface area contributed by atoms with E-state index < -0.39 is 31.1 Å². The van der Waals surface area contributed by atoms with Crippen molar-refractivity contribution in [3.63, 3.8) is 0 Å². The Balaban J connectivity index is 3.05. The second-order valence-electron chi connectivity index (χ2n) is 4.00. The third-order valence-corrected chi connectivity index (χ3v) is 2.84. The molecule has 0 aromatic carbocycles. The number of rotatable bonds is 5. The van der Waals surface area contributed by atoms with Crippen LogP contribution in [0.25, 0.3) is 0 Å². The largest absolute Gasteiger partial charge is 0.480 e. The number of carboxylic acid groups (broad SMARTS) is 1. The molecule has 1 amide bonds. The Morgan fingerprint density at radius 3 is 2.50 bits per heavy atom. The SMILES string of the molecule is CCn1cc(Br)cc1C(=O)N(CC(=O)O)CC(F)(F)F. The fraction of sp³-hybridized carbons (Fsp3) is 0.455. The van der Waals surface area contributed by atoms with Crippen LogP contribution in [0.1, 0.15) is 17.4 Å². The van der Waals surface area contributed by atoms with E-state index in [0.29, 0.717) is 11.0 Å². The average Bonchev–Trinajstić information content (AvgIpc) is 2.66. The number of hydrogen-bond acceptors (Lipinski definition) is 2. The van der Waals surface area contributed by atoms with E-state index in [2.05, 4.69) is 15.9 Å². The quantitative estimate of drug-likeness (QED) is 0.880. The molecule has 0 aliphatic carbocycles. The lowest BCUT2D eigenvalue weighted by atomic mass is 10.3. The van der Waals surface area contributed by atoms with E-state index in [1.807, 2.05) is 0 Å². The van der Waals surface area contributed by atoms with Crippen LogP contribution in [-0.4, -0.2) is 45.7 Å². The lowest BCUT2D eigenvalue weighted by molar-refractivity contribution is -0.149. The van der Waals surface area contributed by atoms with E-state index in [9.17, 15) is 22.8 Å². The zero-order chi connectivity index (χ0) is 15.5. The summed E-state index contributed by atoms with van der Waals surface area (Å²) in [4.78, 5) is 22.9. The van der Waals surface area contributed by atoms with Gasteiger partial charge >= 0.3 is 12.1 Å². The predicted octanol–water partition coefficient (Wildman–Crippen LogP) is 2.36. The van der Waals surface area contributed by atoms with Crippen LogP contribution in [0.15, 0.2) is 16.7 Å². The van der Waals surface area contributed by atoms with Gasteiger partial charge < -0.3 is 14.6 Å². The fourth-order valence-electron chi connectivity index (χ4n) is 1.66. The minimum absolute atomic E-state index is 0.00451. The molecule has 1 heterocycles. The second-order valence-corrected chi connectivity index (χ2v) is 4.92. The highest BCUT2D eigenvalue weighted by molar-refractivity contribution is 9.10. The summed E-state index contributed by atoms with van der Waals surface area (Å²) in [6, 6.07) is 1.36. The van der Waals surface area contributed by atoms with E-state index in [0.717, 1.165) is 0 Å². The number of carboxylic acids is 1. The summed E-state index contributed by atoms with van der Waals surface area (Å²) in [5, 5.41) is 8.63. The van der Waals surface area contributed by atoms with Crippen molar-refractivity contribution in [2.24, 2.45) is 0 Å². The Kier molecular flexibility index (Phi) is 5.21. The number of aromatic nitrogens is 1. The van der Waals surface area contributed by atoms with Gasteiger partial charge in [-0.3, -0.25) is 9.59 Å². The van der Waals surface area contributed by atoms with E-state index in [1.165, 1.54) is 10.6 Å². The Hall–Kier alpha value is -1.51. The summed E-state index contributed by atoms with van der Waals surface area (Å²) in [6.07, 6.45) is -3.12. The van der Waals surface area contributed by atoms with Gasteiger partial charge in [0.25, 0.3) is 5.91 Å². The highest BCUT2D eigenvalue weighted by atomic mass is 79.9. The maximum Gasteiger partial charge on any atom is 0.406 e. The highest BCUT2D eigenvalue weighted by Gasteiger charge is 2.35. The number of amides is 1. The van der Waals surface area contributed by atoms with Gasteiger partial charge in [-0.2, -0.15) is 13.2 Å². The van der Waals surface area contributed by atoms with E-state index in [1.54, 1.807) is 13.1 Å². The van der Waals surface area contributed by atoms with Crippen molar-refractivity contribution in [1.29, 1.82) is 0 Å². The molecule has 20 heavy (non-hydrogen) atoms. The number of hydrogen-bond donors (Lipinski definition) is 1. The summed E-state index contributed by atoms with van der Waals surface area (Å²) in [6.45, 7) is -0.524. The molecule has 1 aromatic rings. The van der Waals surface area contributed by atoms with Crippen LogP contribution in [0.2, 0.25) is 0 Å². The number of nitrogens with zero attached hydrogens (tertiary/aromatic N) is 2. The number of carbonyl (C=O) groups excluding carboxylic acids is 1. The molecular formula is C11H12BrF3N2O3. The third-order valence-electron chi connectivity index (χ3n) is 2.41. The Morgan fingerprint density at radius 2 is 2.05 bits per heavy atom. The molecule has 1 N–H and O–H groups in total. The molecule has 5 nitrogen and oxygen atoms in total. The van der Waals surface area contributed by atoms with Crippen LogP contribution in [0.4, 0.5) is 13.2 Å². The van der Waals surface area contributed by atoms with Crippen LogP contribution in [-0.2, 0) is 11.3 Å². The summed E-state index contributed by atoms with van der Waals surface area (Å²) < 4.78 is 39.2. The predicted molar refractivity (Wildman–Crippen MR) is 67.4 cm³/mol. The molecular weight excluding hydrogens is 345 g/mol. The van der Waals surface area contributed by atoms with Crippen molar-refractivity contribution in [2.75, 3.05) is 13.1 Å². The van der Waals surface area contributed by atoms with Crippen LogP contribution < -0.4 is 0 Å². The molecule has 0 bridgehead atoms. The first-order chi connectivity index (χ1) is 9.14. The smallest absolute Gasteiger partial charge is 0.406 e. The Labute approximate surface area is 121 Å². The van der Waals surface area contributed by atoms with Crippen LogP contribution in [0.5, 0.6) is 0 Å². The van der Waals surface area contributed by atoms with Gasteiger partial charge in [0, 0.05) is 17.2 Å². The van der Waals surface area contributed by atoms with Crippen molar-refractivity contribution in [2.45, 2.75) is 19.6 Å². The maximum absolute atomic E-state index is 12.4. The van der Waals surface area contributed by atoms with Crippen LogP contribution >= 0.6 is 15.9 Å². The molecule has 0 fully saturated rings. The van der Waals surface area contributed by atoms with Gasteiger partial charge in [0.1, 0.15) is 18.8 Å². The van der Waals surface area contributed by atoms with Gasteiger partial charge in [0.05, 0.1) is 0 Å². The van der Waals surface area contributed by atoms with Crippen LogP contribution in [0, 0.1) is 0 Å². The normalized spacial score (nSPS) is 11.4. The summed E-state index contributed by atoms with van der Waals surface area (Å²) >= 11 is 3.12. The van der Waals surface area contributed by atoms with Crippen molar-refractivity contribution in [3.05, 3.63) is 22.4 Å². The van der Waals surface area contributed by atoms with E-state index in [-0.39, 0.29) is 10.6 Å². The lowest BCUT2D eigenvalue weighted by Crippen LogP contribution is -2.42. The van der Waals surface area contributed by atoms with Gasteiger partial charge in [0.2, 0.25) is 0 Å². The lowest BCUT2D eigenvalue weighted by Gasteiger charge is -2.22. The minimum Gasteiger partial charge on any atom is -0.480 e. The minimum atomic E-state index is -4.66. The Morgan fingerprint density at radius 1 is 1.45 bits per heavy atom. The van der Waals surface area contributed by atoms with Gasteiger partial charge in [-0.25, -0.2) is 0 Å². The Bertz CT molecular complexity index is 514. The zero-order valence-electron chi connectivity index (χ0n) is 10.4. The number of carbonyl (C=O) groups is 2. The number of aliphatic carboxylic acids is 1. The topological polar surface area (TPSA) is 62.5 Å². The molecule has 0 aliphatic heterocycles. The highest BCUT2D eigenvalue weighted by Crippen LogP contribution is 2.20. The van der Waals surface area contributed by atoms with Gasteiger partial charge in [-0.1, -0.05) is 0 Å². The molecule has 9 heteroatoms. The van der Waals surface area contributed by atoms with Crippen LogP contribution in [0.3, 0.4) is 0 Å². The van der Waals surface area contributed by atoms with Crippen molar-refractivity contribution in [1.82, 2.24) is 9.47 Å². The first-order valence-electron chi connectivity index (χ1n) is 5.57. The third kappa shape index (κ3) is 4.55. The average molecular weight is 357 g/mol. The molecule has 0 aliphatic rings. The molecule has 0 spiro atoms. The summed E-state index contributed by atoms with van der Waals surface area (Å²) in [5.41, 5.74) is 0.00451. The number of halogens is 4. The number of alkyl halides is 3. The molecule has 0 saturated carbocycles. The van der Waals surface area contributed by atoms with Crippen molar-refractivity contribution < 1.29 is 27.9 Å². The van der Waals surface area contributed by atoms with E-state index >= 15 is 0 Å². The molecule has 1 aromatic heterocycles. The van der Waals surface area contributed by atoms with Gasteiger partial charge in [-0.05, 0) is 28.9 Å². The first kappa shape index (κ1) is 16.5. The van der Waals surface area contributed by atoms with E-state index in [4.69, 9.17) is 5.11 Å². The molecule has 112 valence electrons. The fourth-order valence-corrected chi connectivity index (χ4v) is 2.12.